The number of aliphatic hydroxyl groups excluding tert-OH is 2. The second-order valence-corrected chi connectivity index (χ2v) is 5.27. The number of nitro groups is 1. The number of rotatable bonds is 9. The Kier molecular flexibility index (Phi) is 6.56. The van der Waals surface area contributed by atoms with Gasteiger partial charge < -0.3 is 15.5 Å². The Labute approximate surface area is 117 Å². The molecule has 0 bridgehead atoms. The standard InChI is InChI=1S/C12H22N4O4/c1-9(2)3-11(17)5-13-6-12(18)8-15-7-10(4-14-15)16(19)20/h4,7,9,11-13,17-18H,3,5-6,8H2,1-2H3. The van der Waals surface area contributed by atoms with Crippen LogP contribution in [-0.2, 0) is 6.54 Å². The average molecular weight is 286 g/mol. The molecule has 8 nitrogen and oxygen atoms in total. The highest BCUT2D eigenvalue weighted by Gasteiger charge is 2.12. The van der Waals surface area contributed by atoms with E-state index in [0.29, 0.717) is 25.4 Å². The molecule has 0 aromatic carbocycles. The second kappa shape index (κ2) is 7.93. The van der Waals surface area contributed by atoms with E-state index in [1.54, 1.807) is 0 Å². The van der Waals surface area contributed by atoms with E-state index >= 15 is 0 Å². The zero-order chi connectivity index (χ0) is 15.1. The molecule has 20 heavy (non-hydrogen) atoms. The molecule has 0 aliphatic heterocycles. The van der Waals surface area contributed by atoms with Crippen LogP contribution >= 0.6 is 0 Å². The SMILES string of the molecule is CC(C)CC(O)CNCC(O)Cn1cc([N+](=O)[O-])cn1. The molecular formula is C12H22N4O4. The summed E-state index contributed by atoms with van der Waals surface area (Å²) in [7, 11) is 0. The summed E-state index contributed by atoms with van der Waals surface area (Å²) in [6, 6.07) is 0. The van der Waals surface area contributed by atoms with E-state index < -0.39 is 17.1 Å². The van der Waals surface area contributed by atoms with Crippen LogP contribution < -0.4 is 5.32 Å². The van der Waals surface area contributed by atoms with Crippen LogP contribution in [0.1, 0.15) is 20.3 Å². The predicted octanol–water partition coefficient (Wildman–Crippen LogP) is 0.149. The molecule has 0 amide bonds. The lowest BCUT2D eigenvalue weighted by Gasteiger charge is -2.16. The number of aliphatic hydroxyl groups is 2. The number of nitrogens with one attached hydrogen (secondary N) is 1. The highest BCUT2D eigenvalue weighted by Crippen LogP contribution is 2.08. The van der Waals surface area contributed by atoms with Gasteiger partial charge >= 0.3 is 5.69 Å². The van der Waals surface area contributed by atoms with Crippen molar-refractivity contribution in [2.75, 3.05) is 13.1 Å². The molecule has 1 aromatic rings. The first-order valence-corrected chi connectivity index (χ1v) is 6.62. The van der Waals surface area contributed by atoms with Crippen molar-refractivity contribution in [2.45, 2.75) is 39.0 Å². The monoisotopic (exact) mass is 286 g/mol. The van der Waals surface area contributed by atoms with Gasteiger partial charge in [-0.15, -0.1) is 0 Å². The van der Waals surface area contributed by atoms with E-state index in [-0.39, 0.29) is 12.2 Å². The van der Waals surface area contributed by atoms with Gasteiger partial charge in [0.1, 0.15) is 12.4 Å². The van der Waals surface area contributed by atoms with Crippen LogP contribution in [0.5, 0.6) is 0 Å². The van der Waals surface area contributed by atoms with E-state index in [2.05, 4.69) is 10.4 Å². The van der Waals surface area contributed by atoms with Crippen molar-refractivity contribution >= 4 is 5.69 Å². The van der Waals surface area contributed by atoms with Crippen molar-refractivity contribution < 1.29 is 15.1 Å². The number of aromatic nitrogens is 2. The molecule has 0 fully saturated rings. The third-order valence-electron chi connectivity index (χ3n) is 2.73. The highest BCUT2D eigenvalue weighted by molar-refractivity contribution is 5.20. The van der Waals surface area contributed by atoms with Crippen molar-refractivity contribution in [2.24, 2.45) is 5.92 Å². The molecule has 1 rings (SSSR count). The minimum Gasteiger partial charge on any atom is -0.392 e. The maximum absolute atomic E-state index is 10.5. The summed E-state index contributed by atoms with van der Waals surface area (Å²) in [6.07, 6.45) is 1.96. The Hall–Kier alpha value is -1.51. The number of nitrogens with zero attached hydrogens (tertiary/aromatic N) is 3. The Morgan fingerprint density at radius 1 is 1.40 bits per heavy atom. The van der Waals surface area contributed by atoms with Crippen LogP contribution in [-0.4, -0.2) is 50.2 Å². The third-order valence-corrected chi connectivity index (χ3v) is 2.73. The Morgan fingerprint density at radius 2 is 2.05 bits per heavy atom. The quantitative estimate of drug-likeness (QED) is 0.440. The highest BCUT2D eigenvalue weighted by atomic mass is 16.6. The Morgan fingerprint density at radius 3 is 2.60 bits per heavy atom. The van der Waals surface area contributed by atoms with Crippen LogP contribution in [0.15, 0.2) is 12.4 Å². The van der Waals surface area contributed by atoms with Crippen molar-refractivity contribution in [3.05, 3.63) is 22.5 Å². The van der Waals surface area contributed by atoms with Crippen molar-refractivity contribution in [3.8, 4) is 0 Å². The zero-order valence-corrected chi connectivity index (χ0v) is 11.8. The lowest BCUT2D eigenvalue weighted by molar-refractivity contribution is -0.385. The van der Waals surface area contributed by atoms with Gasteiger partial charge in [-0.1, -0.05) is 13.8 Å². The molecule has 0 aliphatic rings. The van der Waals surface area contributed by atoms with Gasteiger partial charge in [-0.25, -0.2) is 0 Å². The average Bonchev–Trinajstić information content (AvgIpc) is 2.76. The lowest BCUT2D eigenvalue weighted by Crippen LogP contribution is -2.35. The molecule has 0 spiro atoms. The van der Waals surface area contributed by atoms with Crippen molar-refractivity contribution in [1.82, 2.24) is 15.1 Å². The topological polar surface area (TPSA) is 113 Å². The minimum absolute atomic E-state index is 0.0995. The van der Waals surface area contributed by atoms with Crippen LogP contribution in [0.4, 0.5) is 5.69 Å². The summed E-state index contributed by atoms with van der Waals surface area (Å²) in [5.41, 5.74) is -0.0995. The smallest absolute Gasteiger partial charge is 0.306 e. The van der Waals surface area contributed by atoms with E-state index in [0.717, 1.165) is 6.20 Å². The molecule has 8 heteroatoms. The number of hydrogen-bond donors (Lipinski definition) is 3. The molecule has 0 saturated heterocycles. The first-order chi connectivity index (χ1) is 9.38. The predicted molar refractivity (Wildman–Crippen MR) is 73.2 cm³/mol. The summed E-state index contributed by atoms with van der Waals surface area (Å²) in [5, 5.41) is 36.7. The van der Waals surface area contributed by atoms with Gasteiger partial charge in [0.15, 0.2) is 0 Å². The maximum Gasteiger partial charge on any atom is 0.306 e. The molecule has 1 aromatic heterocycles. The molecule has 0 saturated carbocycles. The van der Waals surface area contributed by atoms with Gasteiger partial charge in [0.2, 0.25) is 0 Å². The molecule has 0 radical (unpaired) electrons. The minimum atomic E-state index is -0.722. The van der Waals surface area contributed by atoms with Crippen LogP contribution in [0.2, 0.25) is 0 Å². The van der Waals surface area contributed by atoms with Gasteiger partial charge in [0.25, 0.3) is 0 Å². The van der Waals surface area contributed by atoms with Gasteiger partial charge in [0.05, 0.1) is 23.7 Å². The van der Waals surface area contributed by atoms with E-state index in [1.807, 2.05) is 13.8 Å². The van der Waals surface area contributed by atoms with Gasteiger partial charge in [-0.3, -0.25) is 14.8 Å². The summed E-state index contributed by atoms with van der Waals surface area (Å²) < 4.78 is 1.33. The van der Waals surface area contributed by atoms with Crippen molar-refractivity contribution in [3.63, 3.8) is 0 Å². The van der Waals surface area contributed by atoms with E-state index in [4.69, 9.17) is 0 Å². The molecule has 114 valence electrons. The first kappa shape index (κ1) is 16.5. The summed E-state index contributed by atoms with van der Waals surface area (Å²) in [4.78, 5) is 9.95. The molecule has 1 heterocycles. The Bertz CT molecular complexity index is 421. The Balaban J connectivity index is 2.25. The summed E-state index contributed by atoms with van der Waals surface area (Å²) >= 11 is 0. The molecule has 0 aliphatic carbocycles. The van der Waals surface area contributed by atoms with Crippen LogP contribution in [0.3, 0.4) is 0 Å². The molecule has 2 unspecified atom stereocenters. The first-order valence-electron chi connectivity index (χ1n) is 6.62. The summed E-state index contributed by atoms with van der Waals surface area (Å²) in [5.74, 6) is 0.418. The van der Waals surface area contributed by atoms with Crippen molar-refractivity contribution in [1.29, 1.82) is 0 Å². The van der Waals surface area contributed by atoms with Gasteiger partial charge in [-0.2, -0.15) is 5.10 Å². The molecular weight excluding hydrogens is 264 g/mol. The van der Waals surface area contributed by atoms with E-state index in [9.17, 15) is 20.3 Å². The van der Waals surface area contributed by atoms with Gasteiger partial charge in [-0.05, 0) is 12.3 Å². The lowest BCUT2D eigenvalue weighted by atomic mass is 10.1. The third kappa shape index (κ3) is 6.09. The fourth-order valence-corrected chi connectivity index (χ4v) is 1.87. The summed E-state index contributed by atoms with van der Waals surface area (Å²) in [6.45, 7) is 4.93. The van der Waals surface area contributed by atoms with Crippen LogP contribution in [0, 0.1) is 16.0 Å². The van der Waals surface area contributed by atoms with E-state index in [1.165, 1.54) is 10.9 Å². The number of hydrogen-bond acceptors (Lipinski definition) is 6. The largest absolute Gasteiger partial charge is 0.392 e. The second-order valence-electron chi connectivity index (χ2n) is 5.27. The zero-order valence-electron chi connectivity index (χ0n) is 11.8. The fraction of sp³-hybridized carbons (Fsp3) is 0.750. The van der Waals surface area contributed by atoms with Gasteiger partial charge in [0, 0.05) is 13.1 Å². The molecule has 3 N–H and O–H groups in total. The normalized spacial score (nSPS) is 14.4. The molecule has 2 atom stereocenters. The fourth-order valence-electron chi connectivity index (χ4n) is 1.87. The maximum atomic E-state index is 10.5. The van der Waals surface area contributed by atoms with Crippen LogP contribution in [0.25, 0.3) is 0 Å².